The molecule has 0 nitrogen and oxygen atoms in total. The third-order valence-corrected chi connectivity index (χ3v) is 7.83. The van der Waals surface area contributed by atoms with Crippen molar-refractivity contribution in [2.75, 3.05) is 0 Å². The second-order valence-corrected chi connectivity index (χ2v) is 14.0. The zero-order valence-electron chi connectivity index (χ0n) is 7.17. The Bertz CT molecular complexity index is 239. The molecule has 1 rings (SSSR count). The zero-order valence-corrected chi connectivity index (χ0v) is 10.2. The van der Waals surface area contributed by atoms with E-state index in [4.69, 9.17) is 0 Å². The molecule has 58 valence electrons. The van der Waals surface area contributed by atoms with Crippen LogP contribution in [0.2, 0.25) is 6.55 Å². The van der Waals surface area contributed by atoms with E-state index in [1.165, 1.54) is 14.9 Å². The van der Waals surface area contributed by atoms with E-state index in [-0.39, 0.29) is 0 Å². The second-order valence-electron chi connectivity index (χ2n) is 3.29. The lowest BCUT2D eigenvalue weighted by Crippen LogP contribution is -2.43. The summed E-state index contributed by atoms with van der Waals surface area (Å²) in [5, 5.41) is 1.52. The Balaban J connectivity index is 3.02. The van der Waals surface area contributed by atoms with Gasteiger partial charge in [-0.2, -0.15) is 0 Å². The van der Waals surface area contributed by atoms with Gasteiger partial charge in [0.15, 0.2) is 0 Å². The van der Waals surface area contributed by atoms with Gasteiger partial charge in [0, 0.05) is 9.76 Å². The molecule has 1 unspecified atom stereocenters. The number of hydrogen-bond acceptors (Lipinski definition) is 0. The molecule has 0 radical (unpaired) electrons. The number of rotatable bonds is 2. The molecule has 11 heavy (non-hydrogen) atoms. The lowest BCUT2D eigenvalue weighted by Gasteiger charge is -2.16. The van der Waals surface area contributed by atoms with E-state index in [0.29, 0.717) is 0 Å². The van der Waals surface area contributed by atoms with Crippen LogP contribution in [0.15, 0.2) is 42.6 Å². The maximum atomic E-state index is 3.91. The van der Waals surface area contributed by atoms with Crippen molar-refractivity contribution in [3.63, 3.8) is 0 Å². The zero-order chi connectivity index (χ0) is 8.32. The van der Waals surface area contributed by atoms with Crippen LogP contribution in [-0.2, 0) is 0 Å². The molecule has 0 saturated carbocycles. The highest BCUT2D eigenvalue weighted by molar-refractivity contribution is 7.26. The van der Waals surface area contributed by atoms with Crippen molar-refractivity contribution in [1.82, 2.24) is 0 Å². The molecule has 1 aromatic carbocycles. The molecule has 0 bridgehead atoms. The predicted octanol–water partition coefficient (Wildman–Crippen LogP) is 0.559. The van der Waals surface area contributed by atoms with Gasteiger partial charge in [-0.05, 0) is 0 Å². The van der Waals surface area contributed by atoms with Crippen molar-refractivity contribution in [2.45, 2.75) is 6.55 Å². The molecular weight excluding hydrogens is 164 g/mol. The Hall–Kier alpha value is -0.606. The van der Waals surface area contributed by atoms with Gasteiger partial charge in [0.05, 0.1) is 7.59 Å². The van der Waals surface area contributed by atoms with Crippen LogP contribution in [0, 0.1) is 0 Å². The molecule has 0 aromatic heterocycles. The van der Waals surface area contributed by atoms with Crippen LogP contribution in [0.3, 0.4) is 0 Å². The average Bonchev–Trinajstić information content (AvgIpc) is 2.06. The Labute approximate surface area is 72.2 Å². The third kappa shape index (κ3) is 1.91. The van der Waals surface area contributed by atoms with Crippen LogP contribution in [0.25, 0.3) is 0 Å². The standard InChI is InChI=1S/C9H14Si2/c1-3-11(2,10)9-7-5-4-6-8-9/h3-8H,1H2,2,10H3. The molecule has 1 aromatic rings. The fourth-order valence-electron chi connectivity index (χ4n) is 0.986. The fourth-order valence-corrected chi connectivity index (χ4v) is 3.27. The van der Waals surface area contributed by atoms with E-state index in [9.17, 15) is 0 Å². The average molecular weight is 178 g/mol. The van der Waals surface area contributed by atoms with Gasteiger partial charge in [-0.25, -0.2) is 0 Å². The SMILES string of the molecule is C=C[Si](C)([SiH3])c1ccccc1. The van der Waals surface area contributed by atoms with E-state index in [1.807, 2.05) is 0 Å². The fraction of sp³-hybridized carbons (Fsp3) is 0.111. The van der Waals surface area contributed by atoms with E-state index in [0.717, 1.165) is 0 Å². The monoisotopic (exact) mass is 178 g/mol. The molecular formula is C9H14Si2. The topological polar surface area (TPSA) is 0 Å². The maximum absolute atomic E-state index is 3.91. The molecule has 0 fully saturated rings. The Morgan fingerprint density at radius 1 is 1.36 bits per heavy atom. The lowest BCUT2D eigenvalue weighted by molar-refractivity contribution is 1.75. The van der Waals surface area contributed by atoms with Gasteiger partial charge in [0.25, 0.3) is 0 Å². The molecule has 0 aliphatic heterocycles. The summed E-state index contributed by atoms with van der Waals surface area (Å²) in [5.74, 6) is 0. The molecule has 0 heterocycles. The summed E-state index contributed by atoms with van der Waals surface area (Å²) in [4.78, 5) is 0. The number of hydrogen-bond donors (Lipinski definition) is 0. The maximum Gasteiger partial charge on any atom is 0.0875 e. The minimum atomic E-state index is -1.15. The van der Waals surface area contributed by atoms with Crippen molar-refractivity contribution in [3.8, 4) is 0 Å². The quantitative estimate of drug-likeness (QED) is 0.581. The van der Waals surface area contributed by atoms with Gasteiger partial charge in [-0.3, -0.25) is 0 Å². The molecule has 0 saturated heterocycles. The highest BCUT2D eigenvalue weighted by Crippen LogP contribution is 1.98. The van der Waals surface area contributed by atoms with Crippen LogP contribution in [0.4, 0.5) is 0 Å². The first-order chi connectivity index (χ1) is 5.17. The first-order valence-electron chi connectivity index (χ1n) is 3.86. The Kier molecular flexibility index (Phi) is 2.47. The van der Waals surface area contributed by atoms with Crippen LogP contribution >= 0.6 is 0 Å². The minimum Gasteiger partial charge on any atom is -0.107 e. The summed E-state index contributed by atoms with van der Waals surface area (Å²) in [7, 11) is 0.107. The molecule has 0 spiro atoms. The summed E-state index contributed by atoms with van der Waals surface area (Å²) < 4.78 is 0. The third-order valence-electron chi connectivity index (χ3n) is 2.03. The van der Waals surface area contributed by atoms with Gasteiger partial charge in [0.1, 0.15) is 0 Å². The van der Waals surface area contributed by atoms with Crippen LogP contribution in [0.5, 0.6) is 0 Å². The largest absolute Gasteiger partial charge is 0.107 e. The highest BCUT2D eigenvalue weighted by atomic mass is 29.2. The molecule has 0 amide bonds. The number of benzene rings is 1. The van der Waals surface area contributed by atoms with Gasteiger partial charge < -0.3 is 0 Å². The van der Waals surface area contributed by atoms with Crippen LogP contribution in [-0.4, -0.2) is 17.4 Å². The van der Waals surface area contributed by atoms with E-state index >= 15 is 0 Å². The second kappa shape index (κ2) is 3.19. The highest BCUT2D eigenvalue weighted by Gasteiger charge is 2.17. The molecule has 0 N–H and O–H groups in total. The Morgan fingerprint density at radius 3 is 2.36 bits per heavy atom. The minimum absolute atomic E-state index is 1.15. The van der Waals surface area contributed by atoms with Crippen molar-refractivity contribution in [3.05, 3.63) is 42.6 Å². The summed E-state index contributed by atoms with van der Waals surface area (Å²) in [6.45, 7) is 6.27. The first-order valence-corrected chi connectivity index (χ1v) is 9.93. The van der Waals surface area contributed by atoms with Crippen molar-refractivity contribution < 1.29 is 0 Å². The van der Waals surface area contributed by atoms with Crippen LogP contribution in [0.1, 0.15) is 0 Å². The van der Waals surface area contributed by atoms with E-state index in [1.54, 1.807) is 0 Å². The van der Waals surface area contributed by atoms with Gasteiger partial charge in [0.2, 0.25) is 0 Å². The van der Waals surface area contributed by atoms with Crippen molar-refractivity contribution >= 4 is 22.5 Å². The predicted molar refractivity (Wildman–Crippen MR) is 57.8 cm³/mol. The molecule has 0 aliphatic carbocycles. The molecule has 1 atom stereocenters. The summed E-state index contributed by atoms with van der Waals surface area (Å²) in [6, 6.07) is 10.7. The van der Waals surface area contributed by atoms with Crippen LogP contribution < -0.4 is 5.19 Å². The summed E-state index contributed by atoms with van der Waals surface area (Å²) in [6.07, 6.45) is 0. The van der Waals surface area contributed by atoms with E-state index < -0.39 is 7.59 Å². The molecule has 0 aliphatic rings. The van der Waals surface area contributed by atoms with Gasteiger partial charge in [-0.1, -0.05) is 42.1 Å². The van der Waals surface area contributed by atoms with Gasteiger partial charge in [-0.15, -0.1) is 12.3 Å². The Morgan fingerprint density at radius 2 is 1.91 bits per heavy atom. The smallest absolute Gasteiger partial charge is 0.0875 e. The van der Waals surface area contributed by atoms with Gasteiger partial charge >= 0.3 is 0 Å². The molecule has 2 heteroatoms. The normalized spacial score (nSPS) is 15.7. The first kappa shape index (κ1) is 8.49. The van der Waals surface area contributed by atoms with Crippen molar-refractivity contribution in [2.24, 2.45) is 0 Å². The lowest BCUT2D eigenvalue weighted by atomic mass is 10.4. The summed E-state index contributed by atoms with van der Waals surface area (Å²) in [5.41, 5.74) is 2.18. The van der Waals surface area contributed by atoms with E-state index in [2.05, 4.69) is 49.2 Å². The summed E-state index contributed by atoms with van der Waals surface area (Å²) >= 11 is 0. The van der Waals surface area contributed by atoms with Crippen molar-refractivity contribution in [1.29, 1.82) is 0 Å².